The summed E-state index contributed by atoms with van der Waals surface area (Å²) in [6.07, 6.45) is -1.85. The van der Waals surface area contributed by atoms with E-state index in [0.29, 0.717) is 12.8 Å². The van der Waals surface area contributed by atoms with Gasteiger partial charge in [0.2, 0.25) is 0 Å². The monoisotopic (exact) mass is 248 g/mol. The highest BCUT2D eigenvalue weighted by Crippen LogP contribution is 2.68. The second-order valence-electron chi connectivity index (χ2n) is 4.74. The Labute approximate surface area is 95.6 Å². The molecule has 0 unspecified atom stereocenters. The van der Waals surface area contributed by atoms with E-state index < -0.39 is 29.9 Å². The van der Waals surface area contributed by atoms with Gasteiger partial charge in [-0.3, -0.25) is 4.68 Å². The summed E-state index contributed by atoms with van der Waals surface area (Å²) in [6, 6.07) is 0. The van der Waals surface area contributed by atoms with E-state index >= 15 is 0 Å². The first-order chi connectivity index (χ1) is 7.98. The van der Waals surface area contributed by atoms with Gasteiger partial charge in [-0.2, -0.15) is 13.9 Å². The first kappa shape index (κ1) is 11.0. The fourth-order valence-electron chi connectivity index (χ4n) is 2.84. The van der Waals surface area contributed by atoms with E-state index in [2.05, 4.69) is 5.10 Å². The van der Waals surface area contributed by atoms with E-state index in [4.69, 9.17) is 0 Å². The summed E-state index contributed by atoms with van der Waals surface area (Å²) in [6.45, 7) is 2.08. The summed E-state index contributed by atoms with van der Waals surface area (Å²) in [5.74, 6) is -4.14. The Balaban J connectivity index is 2.16. The lowest BCUT2D eigenvalue weighted by Crippen LogP contribution is -2.20. The minimum atomic E-state index is -2.98. The molecule has 0 aromatic carbocycles. The molecular weight excluding hydrogens is 236 g/mol. The number of aryl methyl sites for hydroxylation is 1. The Morgan fingerprint density at radius 3 is 2.76 bits per heavy atom. The van der Waals surface area contributed by atoms with Gasteiger partial charge in [-0.05, 0) is 18.8 Å². The second kappa shape index (κ2) is 3.23. The molecule has 0 amide bonds. The molecule has 1 aromatic heterocycles. The first-order valence-corrected chi connectivity index (χ1v) is 5.75. The Morgan fingerprint density at radius 2 is 2.18 bits per heavy atom. The molecule has 0 radical (unpaired) electrons. The Hall–Kier alpha value is -1.07. The highest BCUT2D eigenvalue weighted by Gasteiger charge is 2.67. The zero-order valence-corrected chi connectivity index (χ0v) is 9.26. The molecule has 1 saturated carbocycles. The van der Waals surface area contributed by atoms with Crippen LogP contribution in [0.2, 0.25) is 0 Å². The van der Waals surface area contributed by atoms with Gasteiger partial charge in [0.15, 0.2) is 0 Å². The van der Waals surface area contributed by atoms with E-state index in [1.807, 2.05) is 6.92 Å². The molecule has 6 heteroatoms. The topological polar surface area (TPSA) is 17.8 Å². The van der Waals surface area contributed by atoms with Crippen molar-refractivity contribution < 1.29 is 17.6 Å². The Bertz CT molecular complexity index is 466. The van der Waals surface area contributed by atoms with Gasteiger partial charge in [-0.25, -0.2) is 8.78 Å². The lowest BCUT2D eigenvalue weighted by atomic mass is 10.1. The number of rotatable bonds is 3. The summed E-state index contributed by atoms with van der Waals surface area (Å²) in [5, 5.41) is 3.68. The lowest BCUT2D eigenvalue weighted by molar-refractivity contribution is -0.0311. The van der Waals surface area contributed by atoms with E-state index in [1.165, 1.54) is 0 Å². The fraction of sp³-hybridized carbons (Fsp3) is 0.727. The van der Waals surface area contributed by atoms with Crippen LogP contribution in [-0.2, 0) is 12.5 Å². The van der Waals surface area contributed by atoms with E-state index in [0.717, 1.165) is 4.68 Å². The molecule has 94 valence electrons. The van der Waals surface area contributed by atoms with Crippen LogP contribution in [0.25, 0.3) is 0 Å². The molecule has 2 aliphatic rings. The van der Waals surface area contributed by atoms with E-state index in [-0.39, 0.29) is 17.8 Å². The molecule has 0 bridgehead atoms. The summed E-state index contributed by atoms with van der Waals surface area (Å²) in [5.41, 5.74) is -0.558. The molecule has 2 nitrogen and oxygen atoms in total. The highest BCUT2D eigenvalue weighted by atomic mass is 19.3. The molecule has 1 fully saturated rings. The number of nitrogens with zero attached hydrogens (tertiary/aromatic N) is 2. The van der Waals surface area contributed by atoms with Crippen LogP contribution >= 0.6 is 0 Å². The van der Waals surface area contributed by atoms with E-state index in [1.54, 1.807) is 0 Å². The standard InChI is InChI=1S/C11H12F4N2/c1-2-3-17-9-7(8(16-17)10(12)13)5-4-6(5)11(9,14)15/h5-6,10H,2-4H2,1H3/t5-,6+/m0/s1. The van der Waals surface area contributed by atoms with Crippen LogP contribution in [0.4, 0.5) is 17.6 Å². The van der Waals surface area contributed by atoms with Gasteiger partial charge < -0.3 is 0 Å². The van der Waals surface area contributed by atoms with Crippen molar-refractivity contribution in [1.82, 2.24) is 9.78 Å². The minimum absolute atomic E-state index is 0.128. The van der Waals surface area contributed by atoms with Crippen LogP contribution in [0.1, 0.15) is 49.1 Å². The molecule has 1 heterocycles. The van der Waals surface area contributed by atoms with Crippen molar-refractivity contribution in [3.05, 3.63) is 17.0 Å². The van der Waals surface area contributed by atoms with Crippen molar-refractivity contribution in [2.75, 3.05) is 0 Å². The smallest absolute Gasteiger partial charge is 0.263 e. The molecule has 1 aromatic rings. The van der Waals surface area contributed by atoms with Crippen LogP contribution < -0.4 is 0 Å². The number of hydrogen-bond acceptors (Lipinski definition) is 1. The number of alkyl halides is 4. The normalized spacial score (nSPS) is 28.4. The van der Waals surface area contributed by atoms with Crippen molar-refractivity contribution in [3.8, 4) is 0 Å². The van der Waals surface area contributed by atoms with Gasteiger partial charge in [0, 0.05) is 18.0 Å². The third kappa shape index (κ3) is 1.29. The molecule has 3 rings (SSSR count). The van der Waals surface area contributed by atoms with Crippen molar-refractivity contribution in [1.29, 1.82) is 0 Å². The average Bonchev–Trinajstić information content (AvgIpc) is 2.89. The van der Waals surface area contributed by atoms with Gasteiger partial charge in [0.05, 0.1) is 0 Å². The largest absolute Gasteiger partial charge is 0.293 e. The molecular formula is C11H12F4N2. The zero-order valence-electron chi connectivity index (χ0n) is 9.26. The molecule has 2 atom stereocenters. The molecule has 0 aliphatic heterocycles. The van der Waals surface area contributed by atoms with Crippen LogP contribution in [-0.4, -0.2) is 9.78 Å². The van der Waals surface area contributed by atoms with Crippen LogP contribution in [0.5, 0.6) is 0 Å². The number of aromatic nitrogens is 2. The SMILES string of the molecule is CCCn1nc(C(F)F)c2c1C(F)(F)[C@@H]1C[C@H]21. The van der Waals surface area contributed by atoms with Gasteiger partial charge >= 0.3 is 0 Å². The fourth-order valence-corrected chi connectivity index (χ4v) is 2.84. The number of halogens is 4. The van der Waals surface area contributed by atoms with Gasteiger partial charge in [0.25, 0.3) is 12.3 Å². The summed E-state index contributed by atoms with van der Waals surface area (Å²) in [4.78, 5) is 0. The summed E-state index contributed by atoms with van der Waals surface area (Å²) >= 11 is 0. The molecule has 0 spiro atoms. The average molecular weight is 248 g/mol. The predicted molar refractivity (Wildman–Crippen MR) is 52.2 cm³/mol. The summed E-state index contributed by atoms with van der Waals surface area (Å²) < 4.78 is 54.5. The maximum absolute atomic E-state index is 13.9. The Kier molecular flexibility index (Phi) is 2.10. The quantitative estimate of drug-likeness (QED) is 0.749. The third-order valence-electron chi connectivity index (χ3n) is 3.60. The minimum Gasteiger partial charge on any atom is -0.263 e. The van der Waals surface area contributed by atoms with Crippen molar-refractivity contribution in [2.45, 2.75) is 44.6 Å². The third-order valence-corrected chi connectivity index (χ3v) is 3.60. The molecule has 0 N–H and O–H groups in total. The Morgan fingerprint density at radius 1 is 1.47 bits per heavy atom. The van der Waals surface area contributed by atoms with Crippen molar-refractivity contribution in [2.24, 2.45) is 5.92 Å². The highest BCUT2D eigenvalue weighted by molar-refractivity contribution is 5.46. The van der Waals surface area contributed by atoms with Crippen molar-refractivity contribution in [3.63, 3.8) is 0 Å². The number of fused-ring (bicyclic) bond motifs is 3. The molecule has 2 aliphatic carbocycles. The zero-order chi connectivity index (χ0) is 12.4. The van der Waals surface area contributed by atoms with Gasteiger partial charge in [0.1, 0.15) is 11.4 Å². The van der Waals surface area contributed by atoms with E-state index in [9.17, 15) is 17.6 Å². The predicted octanol–water partition coefficient (Wildman–Crippen LogP) is 3.44. The van der Waals surface area contributed by atoms with Gasteiger partial charge in [-0.15, -0.1) is 0 Å². The maximum Gasteiger partial charge on any atom is 0.293 e. The second-order valence-corrected chi connectivity index (χ2v) is 4.74. The van der Waals surface area contributed by atoms with Crippen LogP contribution in [0.15, 0.2) is 0 Å². The lowest BCUT2D eigenvalue weighted by Gasteiger charge is -2.14. The molecule has 0 saturated heterocycles. The maximum atomic E-state index is 13.9. The van der Waals surface area contributed by atoms with Gasteiger partial charge in [-0.1, -0.05) is 6.92 Å². The molecule has 17 heavy (non-hydrogen) atoms. The summed E-state index contributed by atoms with van der Waals surface area (Å²) in [7, 11) is 0. The van der Waals surface area contributed by atoms with Crippen LogP contribution in [0, 0.1) is 5.92 Å². The number of hydrogen-bond donors (Lipinski definition) is 0. The van der Waals surface area contributed by atoms with Crippen LogP contribution in [0.3, 0.4) is 0 Å². The first-order valence-electron chi connectivity index (χ1n) is 5.75. The van der Waals surface area contributed by atoms with Crippen molar-refractivity contribution >= 4 is 0 Å².